The first-order valence-corrected chi connectivity index (χ1v) is 10.1. The standard InChI is InChI=1S/C25H18N4O5/c30-23-13-10-16-4-1-2-7-21(16)22(23)15-26-28-25(32)17-8-11-19(12-9-17)27-24(31)18-5-3-6-20(14-18)29(33)34/h1-15,30H,(H,27,31)(H,28,32). The normalized spacial score (nSPS) is 10.8. The quantitative estimate of drug-likeness (QED) is 0.224. The van der Waals surface area contributed by atoms with E-state index in [0.29, 0.717) is 16.8 Å². The van der Waals surface area contributed by atoms with Gasteiger partial charge in [-0.1, -0.05) is 36.4 Å². The second-order valence-electron chi connectivity index (χ2n) is 7.26. The zero-order chi connectivity index (χ0) is 24.1. The molecule has 9 heteroatoms. The highest BCUT2D eigenvalue weighted by atomic mass is 16.6. The Morgan fingerprint density at radius 2 is 1.65 bits per heavy atom. The fourth-order valence-electron chi connectivity index (χ4n) is 3.31. The van der Waals surface area contributed by atoms with Crippen LogP contribution in [0.15, 0.2) is 90.0 Å². The monoisotopic (exact) mass is 454 g/mol. The summed E-state index contributed by atoms with van der Waals surface area (Å²) >= 11 is 0. The van der Waals surface area contributed by atoms with Crippen molar-refractivity contribution in [1.82, 2.24) is 5.43 Å². The minimum atomic E-state index is -0.575. The van der Waals surface area contributed by atoms with Gasteiger partial charge in [0.25, 0.3) is 17.5 Å². The minimum Gasteiger partial charge on any atom is -0.507 e. The minimum absolute atomic E-state index is 0.0422. The molecule has 0 saturated carbocycles. The molecule has 0 aromatic heterocycles. The van der Waals surface area contributed by atoms with Gasteiger partial charge in [0.1, 0.15) is 5.75 Å². The third-order valence-electron chi connectivity index (χ3n) is 5.03. The van der Waals surface area contributed by atoms with Gasteiger partial charge in [0.05, 0.1) is 11.1 Å². The summed E-state index contributed by atoms with van der Waals surface area (Å²) in [5.41, 5.74) is 3.56. The molecule has 4 aromatic rings. The zero-order valence-electron chi connectivity index (χ0n) is 17.6. The largest absolute Gasteiger partial charge is 0.507 e. The molecule has 0 heterocycles. The van der Waals surface area contributed by atoms with Gasteiger partial charge in [0, 0.05) is 34.5 Å². The second-order valence-corrected chi connectivity index (χ2v) is 7.26. The van der Waals surface area contributed by atoms with Crippen LogP contribution in [-0.2, 0) is 0 Å². The molecule has 0 spiro atoms. The molecule has 2 amide bonds. The molecule has 3 N–H and O–H groups in total. The third-order valence-corrected chi connectivity index (χ3v) is 5.03. The number of carbonyl (C=O) groups excluding carboxylic acids is 2. The van der Waals surface area contributed by atoms with Gasteiger partial charge >= 0.3 is 0 Å². The van der Waals surface area contributed by atoms with Gasteiger partial charge in [0.15, 0.2) is 0 Å². The van der Waals surface area contributed by atoms with Crippen molar-refractivity contribution in [3.63, 3.8) is 0 Å². The van der Waals surface area contributed by atoms with Crippen molar-refractivity contribution in [3.05, 3.63) is 112 Å². The van der Waals surface area contributed by atoms with Crippen LogP contribution >= 0.6 is 0 Å². The lowest BCUT2D eigenvalue weighted by Gasteiger charge is -2.07. The Balaban J connectivity index is 1.41. The van der Waals surface area contributed by atoms with Crippen LogP contribution in [0.4, 0.5) is 11.4 Å². The molecule has 0 unspecified atom stereocenters. The highest BCUT2D eigenvalue weighted by molar-refractivity contribution is 6.05. The van der Waals surface area contributed by atoms with E-state index in [1.807, 2.05) is 24.3 Å². The predicted molar refractivity (Wildman–Crippen MR) is 128 cm³/mol. The van der Waals surface area contributed by atoms with Gasteiger partial charge in [0.2, 0.25) is 0 Å². The van der Waals surface area contributed by atoms with Gasteiger partial charge in [-0.3, -0.25) is 19.7 Å². The van der Waals surface area contributed by atoms with Gasteiger partial charge in [-0.05, 0) is 47.2 Å². The van der Waals surface area contributed by atoms with E-state index in [0.717, 1.165) is 10.8 Å². The molecule has 34 heavy (non-hydrogen) atoms. The fraction of sp³-hybridized carbons (Fsp3) is 0. The van der Waals surface area contributed by atoms with Crippen molar-refractivity contribution in [2.24, 2.45) is 5.10 Å². The van der Waals surface area contributed by atoms with Crippen LogP contribution in [0.3, 0.4) is 0 Å². The molecule has 0 aliphatic heterocycles. The maximum absolute atomic E-state index is 12.4. The molecule has 4 rings (SSSR count). The van der Waals surface area contributed by atoms with Crippen molar-refractivity contribution >= 4 is 40.2 Å². The molecular weight excluding hydrogens is 436 g/mol. The number of aromatic hydroxyl groups is 1. The Hall–Kier alpha value is -5.05. The molecule has 0 atom stereocenters. The molecule has 0 fully saturated rings. The van der Waals surface area contributed by atoms with Crippen LogP contribution in [0, 0.1) is 10.1 Å². The number of phenolic OH excluding ortho intramolecular Hbond substituents is 1. The maximum Gasteiger partial charge on any atom is 0.271 e. The van der Waals surface area contributed by atoms with Crippen molar-refractivity contribution in [2.75, 3.05) is 5.32 Å². The molecule has 0 saturated heterocycles. The van der Waals surface area contributed by atoms with E-state index in [1.54, 1.807) is 12.1 Å². The fourth-order valence-corrected chi connectivity index (χ4v) is 3.31. The average molecular weight is 454 g/mol. The van der Waals surface area contributed by atoms with Gasteiger partial charge in [-0.15, -0.1) is 0 Å². The number of hydrazone groups is 1. The Morgan fingerprint density at radius 1 is 0.882 bits per heavy atom. The molecule has 0 aliphatic carbocycles. The SMILES string of the molecule is O=C(NN=Cc1c(O)ccc2ccccc12)c1ccc(NC(=O)c2cccc([N+](=O)[O-])c2)cc1. The Kier molecular flexibility index (Phi) is 6.26. The summed E-state index contributed by atoms with van der Waals surface area (Å²) < 4.78 is 0. The van der Waals surface area contributed by atoms with Gasteiger partial charge in [-0.2, -0.15) is 5.10 Å². The van der Waals surface area contributed by atoms with Crippen molar-refractivity contribution in [3.8, 4) is 5.75 Å². The van der Waals surface area contributed by atoms with Gasteiger partial charge < -0.3 is 10.4 Å². The van der Waals surface area contributed by atoms with E-state index in [9.17, 15) is 24.8 Å². The summed E-state index contributed by atoms with van der Waals surface area (Å²) in [6.07, 6.45) is 1.38. The molecule has 168 valence electrons. The lowest BCUT2D eigenvalue weighted by Crippen LogP contribution is -2.18. The number of hydrogen-bond acceptors (Lipinski definition) is 6. The van der Waals surface area contributed by atoms with E-state index < -0.39 is 16.7 Å². The summed E-state index contributed by atoms with van der Waals surface area (Å²) in [5.74, 6) is -0.950. The lowest BCUT2D eigenvalue weighted by molar-refractivity contribution is -0.384. The summed E-state index contributed by atoms with van der Waals surface area (Å²) in [6, 6.07) is 22.3. The number of carbonyl (C=O) groups is 2. The number of nitrogens with zero attached hydrogens (tertiary/aromatic N) is 2. The number of non-ortho nitro benzene ring substituents is 1. The Labute approximate surface area is 193 Å². The molecule has 0 bridgehead atoms. The number of phenols is 1. The Bertz CT molecular complexity index is 1430. The topological polar surface area (TPSA) is 134 Å². The van der Waals surface area contributed by atoms with Crippen LogP contribution < -0.4 is 10.7 Å². The second kappa shape index (κ2) is 9.61. The number of amides is 2. The first-order valence-electron chi connectivity index (χ1n) is 10.1. The highest BCUT2D eigenvalue weighted by Gasteiger charge is 2.12. The maximum atomic E-state index is 12.4. The predicted octanol–water partition coefficient (Wildman–Crippen LogP) is 4.47. The average Bonchev–Trinajstić information content (AvgIpc) is 2.85. The van der Waals surface area contributed by atoms with E-state index in [1.165, 1.54) is 54.7 Å². The summed E-state index contributed by atoms with van der Waals surface area (Å²) in [7, 11) is 0. The van der Waals surface area contributed by atoms with E-state index in [2.05, 4.69) is 15.8 Å². The third kappa shape index (κ3) is 4.89. The van der Waals surface area contributed by atoms with Crippen LogP contribution in [0.1, 0.15) is 26.3 Å². The first-order chi connectivity index (χ1) is 16.4. The van der Waals surface area contributed by atoms with Crippen LogP contribution in [0.5, 0.6) is 5.75 Å². The molecule has 4 aromatic carbocycles. The van der Waals surface area contributed by atoms with E-state index in [4.69, 9.17) is 0 Å². The molecular formula is C25H18N4O5. The zero-order valence-corrected chi connectivity index (χ0v) is 17.6. The summed E-state index contributed by atoms with van der Waals surface area (Å²) in [6.45, 7) is 0. The van der Waals surface area contributed by atoms with E-state index >= 15 is 0 Å². The van der Waals surface area contributed by atoms with Crippen molar-refractivity contribution in [2.45, 2.75) is 0 Å². The number of nitro benzene ring substituents is 1. The van der Waals surface area contributed by atoms with E-state index in [-0.39, 0.29) is 17.0 Å². The number of rotatable bonds is 6. The number of fused-ring (bicyclic) bond motifs is 1. The smallest absolute Gasteiger partial charge is 0.271 e. The molecule has 0 aliphatic rings. The highest BCUT2D eigenvalue weighted by Crippen LogP contribution is 2.25. The first kappa shape index (κ1) is 22.2. The number of nitrogens with one attached hydrogen (secondary N) is 2. The Morgan fingerprint density at radius 3 is 2.41 bits per heavy atom. The van der Waals surface area contributed by atoms with Gasteiger partial charge in [-0.25, -0.2) is 5.43 Å². The number of nitro groups is 1. The van der Waals surface area contributed by atoms with Crippen LogP contribution in [0.2, 0.25) is 0 Å². The van der Waals surface area contributed by atoms with Crippen LogP contribution in [-0.4, -0.2) is 28.1 Å². The van der Waals surface area contributed by atoms with Crippen LogP contribution in [0.25, 0.3) is 10.8 Å². The summed E-state index contributed by atoms with van der Waals surface area (Å²) in [5, 5.41) is 29.3. The van der Waals surface area contributed by atoms with Crippen molar-refractivity contribution < 1.29 is 19.6 Å². The summed E-state index contributed by atoms with van der Waals surface area (Å²) in [4.78, 5) is 35.1. The number of hydrogen-bond donors (Lipinski definition) is 3. The number of benzene rings is 4. The molecule has 9 nitrogen and oxygen atoms in total. The lowest BCUT2D eigenvalue weighted by atomic mass is 10.0. The van der Waals surface area contributed by atoms with Crippen molar-refractivity contribution in [1.29, 1.82) is 0 Å². The number of anilines is 1. The molecule has 0 radical (unpaired) electrons.